The lowest BCUT2D eigenvalue weighted by molar-refractivity contribution is -0.124. The van der Waals surface area contributed by atoms with Crippen molar-refractivity contribution in [1.82, 2.24) is 10.2 Å². The lowest BCUT2D eigenvalue weighted by atomic mass is 10.2. The van der Waals surface area contributed by atoms with E-state index in [9.17, 15) is 22.8 Å². The fourth-order valence-electron chi connectivity index (χ4n) is 2.64. The fraction of sp³-hybridized carbons (Fsp3) is 0.368. The number of carbonyl (C=O) groups excluding carboxylic acids is 2. The number of benzene rings is 1. The van der Waals surface area contributed by atoms with Crippen LogP contribution in [-0.4, -0.2) is 36.3 Å². The molecule has 1 atom stereocenters. The van der Waals surface area contributed by atoms with Gasteiger partial charge in [0.15, 0.2) is 17.5 Å². The highest BCUT2D eigenvalue weighted by Crippen LogP contribution is 2.20. The van der Waals surface area contributed by atoms with Crippen molar-refractivity contribution in [2.45, 2.75) is 26.3 Å². The fourth-order valence-corrected chi connectivity index (χ4v) is 3.38. The number of nitrogens with one attached hydrogen (secondary N) is 2. The number of carbonyl (C=O) groups is 2. The molecule has 152 valence electrons. The van der Waals surface area contributed by atoms with Gasteiger partial charge in [0.1, 0.15) is 0 Å². The molecule has 1 aromatic heterocycles. The van der Waals surface area contributed by atoms with Crippen LogP contribution >= 0.6 is 11.3 Å². The van der Waals surface area contributed by atoms with Crippen LogP contribution < -0.4 is 10.6 Å². The number of halogens is 3. The Bertz CT molecular complexity index is 815. The average molecular weight is 413 g/mol. The molecule has 0 unspecified atom stereocenters. The summed E-state index contributed by atoms with van der Waals surface area (Å²) in [6.45, 7) is 4.03. The molecule has 0 spiro atoms. The smallest absolute Gasteiger partial charge is 0.238 e. The van der Waals surface area contributed by atoms with E-state index in [2.05, 4.69) is 10.6 Å². The summed E-state index contributed by atoms with van der Waals surface area (Å²) in [5.41, 5.74) is -0.448. The maximum Gasteiger partial charge on any atom is 0.238 e. The van der Waals surface area contributed by atoms with E-state index in [0.717, 1.165) is 17.0 Å². The van der Waals surface area contributed by atoms with E-state index in [1.54, 1.807) is 4.90 Å². The molecule has 2 N–H and O–H groups in total. The Morgan fingerprint density at radius 3 is 2.46 bits per heavy atom. The molecule has 0 radical (unpaired) electrons. The Morgan fingerprint density at radius 2 is 1.82 bits per heavy atom. The number of hydrogen-bond donors (Lipinski definition) is 2. The molecule has 1 aromatic carbocycles. The zero-order valence-electron chi connectivity index (χ0n) is 15.6. The predicted molar refractivity (Wildman–Crippen MR) is 103 cm³/mol. The molecule has 0 aliphatic rings. The van der Waals surface area contributed by atoms with Crippen LogP contribution in [0.3, 0.4) is 0 Å². The minimum Gasteiger partial charge on any atom is -0.348 e. The molecule has 0 saturated heterocycles. The predicted octanol–water partition coefficient (Wildman–Crippen LogP) is 3.69. The number of amides is 2. The van der Waals surface area contributed by atoms with Gasteiger partial charge in [-0.25, -0.2) is 13.2 Å². The molecule has 0 aliphatic heterocycles. The SMILES string of the molecule is CCCN(CC(=O)Nc1ccc(F)c(F)c1F)CC(=O)N[C@H](C)c1cccs1. The van der Waals surface area contributed by atoms with Gasteiger partial charge < -0.3 is 10.6 Å². The first-order valence-electron chi connectivity index (χ1n) is 8.80. The van der Waals surface area contributed by atoms with Gasteiger partial charge in [-0.3, -0.25) is 14.5 Å². The molecular formula is C19H22F3N3O2S. The molecule has 5 nitrogen and oxygen atoms in total. The standard InChI is InChI=1S/C19H22F3N3O2S/c1-3-8-25(10-16(26)23-12(2)15-5-4-9-28-15)11-17(27)24-14-7-6-13(20)18(21)19(14)22/h4-7,9,12H,3,8,10-11H2,1-2H3,(H,23,26)(H,24,27)/t12-/m1/s1. The molecule has 0 fully saturated rings. The van der Waals surface area contributed by atoms with Crippen molar-refractivity contribution in [3.05, 3.63) is 52.0 Å². The van der Waals surface area contributed by atoms with Gasteiger partial charge in [-0.15, -0.1) is 11.3 Å². The summed E-state index contributed by atoms with van der Waals surface area (Å²) >= 11 is 1.53. The summed E-state index contributed by atoms with van der Waals surface area (Å²) < 4.78 is 39.9. The number of anilines is 1. The minimum atomic E-state index is -1.65. The van der Waals surface area contributed by atoms with E-state index in [-0.39, 0.29) is 25.0 Å². The second-order valence-corrected chi connectivity index (χ2v) is 7.27. The van der Waals surface area contributed by atoms with Crippen LogP contribution in [0.25, 0.3) is 0 Å². The van der Waals surface area contributed by atoms with Gasteiger partial charge in [0, 0.05) is 4.88 Å². The molecule has 0 aliphatic carbocycles. The van der Waals surface area contributed by atoms with Crippen LogP contribution in [-0.2, 0) is 9.59 Å². The van der Waals surface area contributed by atoms with Gasteiger partial charge in [0.2, 0.25) is 11.8 Å². The van der Waals surface area contributed by atoms with Gasteiger partial charge in [-0.1, -0.05) is 13.0 Å². The third-order valence-corrected chi connectivity index (χ3v) is 4.99. The van der Waals surface area contributed by atoms with Crippen LogP contribution in [0, 0.1) is 17.5 Å². The summed E-state index contributed by atoms with van der Waals surface area (Å²) in [5.74, 6) is -5.32. The molecule has 2 amide bonds. The highest BCUT2D eigenvalue weighted by atomic mass is 32.1. The summed E-state index contributed by atoms with van der Waals surface area (Å²) in [4.78, 5) is 27.1. The Balaban J connectivity index is 1.93. The number of nitrogens with zero attached hydrogens (tertiary/aromatic N) is 1. The zero-order chi connectivity index (χ0) is 20.7. The van der Waals surface area contributed by atoms with Gasteiger partial charge in [-0.2, -0.15) is 0 Å². The van der Waals surface area contributed by atoms with Crippen LogP contribution in [0.15, 0.2) is 29.6 Å². The number of thiophene rings is 1. The maximum atomic E-state index is 13.7. The van der Waals surface area contributed by atoms with Crippen LogP contribution in [0.1, 0.15) is 31.2 Å². The van der Waals surface area contributed by atoms with Crippen molar-refractivity contribution >= 4 is 28.8 Å². The van der Waals surface area contributed by atoms with Crippen LogP contribution in [0.5, 0.6) is 0 Å². The molecule has 2 rings (SSSR count). The Kier molecular flexibility index (Phi) is 8.01. The maximum absolute atomic E-state index is 13.7. The monoisotopic (exact) mass is 413 g/mol. The number of hydrogen-bond acceptors (Lipinski definition) is 4. The second kappa shape index (κ2) is 10.2. The Hall–Kier alpha value is -2.39. The second-order valence-electron chi connectivity index (χ2n) is 6.29. The van der Waals surface area contributed by atoms with E-state index in [4.69, 9.17) is 0 Å². The van der Waals surface area contributed by atoms with Gasteiger partial charge in [0.25, 0.3) is 0 Å². The highest BCUT2D eigenvalue weighted by molar-refractivity contribution is 7.10. The molecule has 1 heterocycles. The summed E-state index contributed by atoms with van der Waals surface area (Å²) in [7, 11) is 0. The molecule has 2 aromatic rings. The normalized spacial score (nSPS) is 12.1. The van der Waals surface area contributed by atoms with Crippen molar-refractivity contribution in [2.75, 3.05) is 25.0 Å². The Morgan fingerprint density at radius 1 is 1.11 bits per heavy atom. The highest BCUT2D eigenvalue weighted by Gasteiger charge is 2.19. The van der Waals surface area contributed by atoms with Crippen molar-refractivity contribution in [3.8, 4) is 0 Å². The quantitative estimate of drug-likeness (QED) is 0.617. The Labute approximate surface area is 165 Å². The molecule has 28 heavy (non-hydrogen) atoms. The van der Waals surface area contributed by atoms with E-state index < -0.39 is 29.0 Å². The van der Waals surface area contributed by atoms with E-state index in [1.807, 2.05) is 31.4 Å². The van der Waals surface area contributed by atoms with Gasteiger partial charge in [-0.05, 0) is 43.5 Å². The lowest BCUT2D eigenvalue weighted by Crippen LogP contribution is -2.42. The van der Waals surface area contributed by atoms with Crippen LogP contribution in [0.4, 0.5) is 18.9 Å². The van der Waals surface area contributed by atoms with Crippen LogP contribution in [0.2, 0.25) is 0 Å². The largest absolute Gasteiger partial charge is 0.348 e. The van der Waals surface area contributed by atoms with Crippen molar-refractivity contribution < 1.29 is 22.8 Å². The zero-order valence-corrected chi connectivity index (χ0v) is 16.4. The molecular weight excluding hydrogens is 391 g/mol. The summed E-state index contributed by atoms with van der Waals surface area (Å²) in [6, 6.07) is 5.35. The molecule has 9 heteroatoms. The third-order valence-electron chi connectivity index (χ3n) is 3.93. The minimum absolute atomic E-state index is 0.0166. The van der Waals surface area contributed by atoms with E-state index >= 15 is 0 Å². The molecule has 0 saturated carbocycles. The van der Waals surface area contributed by atoms with E-state index in [1.165, 1.54) is 11.3 Å². The van der Waals surface area contributed by atoms with E-state index in [0.29, 0.717) is 13.0 Å². The first kappa shape index (κ1) is 21.9. The lowest BCUT2D eigenvalue weighted by Gasteiger charge is -2.22. The van der Waals surface area contributed by atoms with Crippen molar-refractivity contribution in [1.29, 1.82) is 0 Å². The number of rotatable bonds is 9. The van der Waals surface area contributed by atoms with Crippen molar-refractivity contribution in [3.63, 3.8) is 0 Å². The van der Waals surface area contributed by atoms with Gasteiger partial charge >= 0.3 is 0 Å². The average Bonchev–Trinajstić information content (AvgIpc) is 3.17. The van der Waals surface area contributed by atoms with Crippen molar-refractivity contribution in [2.24, 2.45) is 0 Å². The topological polar surface area (TPSA) is 61.4 Å². The summed E-state index contributed by atoms with van der Waals surface area (Å²) in [5, 5.41) is 6.99. The molecule has 0 bridgehead atoms. The first-order valence-corrected chi connectivity index (χ1v) is 9.68. The van der Waals surface area contributed by atoms with Gasteiger partial charge in [0.05, 0.1) is 24.8 Å². The third kappa shape index (κ3) is 6.07. The first-order chi connectivity index (χ1) is 13.3. The summed E-state index contributed by atoms with van der Waals surface area (Å²) in [6.07, 6.45) is 0.695.